The molecule has 0 saturated heterocycles. The van der Waals surface area contributed by atoms with E-state index in [2.05, 4.69) is 37.9 Å². The van der Waals surface area contributed by atoms with Crippen molar-refractivity contribution in [1.29, 1.82) is 0 Å². The average molecular weight is 632 g/mol. The third-order valence-electron chi connectivity index (χ3n) is 6.08. The first-order valence-electron chi connectivity index (χ1n) is 12.5. The number of aryl methyl sites for hydroxylation is 1. The fourth-order valence-corrected chi connectivity index (χ4v) is 4.35. The zero-order valence-corrected chi connectivity index (χ0v) is 23.9. The molecule has 202 valence electrons. The normalized spacial score (nSPS) is 10.6. The predicted molar refractivity (Wildman–Crippen MR) is 154 cm³/mol. The molecule has 3 amide bonds. The second-order valence-corrected chi connectivity index (χ2v) is 10.3. The van der Waals surface area contributed by atoms with Gasteiger partial charge in [-0.15, -0.1) is 0 Å². The molecule has 2 aromatic carbocycles. The first-order valence-corrected chi connectivity index (χ1v) is 13.6. The number of H-pyrrole nitrogens is 1. The quantitative estimate of drug-likeness (QED) is 0.266. The molecule has 1 aromatic heterocycles. The summed E-state index contributed by atoms with van der Waals surface area (Å²) in [4.78, 5) is 47.7. The summed E-state index contributed by atoms with van der Waals surface area (Å²) < 4.78 is 6.83. The molecule has 0 unspecified atom stereocenters. The Morgan fingerprint density at radius 2 is 1.76 bits per heavy atom. The molecule has 0 aliphatic heterocycles. The van der Waals surface area contributed by atoms with Crippen LogP contribution in [0.3, 0.4) is 0 Å². The lowest BCUT2D eigenvalue weighted by molar-refractivity contribution is -0.133. The van der Waals surface area contributed by atoms with Gasteiger partial charge in [-0.3, -0.25) is 14.4 Å². The Kier molecular flexibility index (Phi) is 11.6. The van der Waals surface area contributed by atoms with E-state index in [0.29, 0.717) is 51.1 Å². The Labute approximate surface area is 237 Å². The van der Waals surface area contributed by atoms with Crippen LogP contribution in [0.2, 0.25) is 0 Å². The average Bonchev–Trinajstić information content (AvgIpc) is 3.43. The molecule has 0 saturated carbocycles. The molecular weight excluding hydrogens is 597 g/mol. The first kappa shape index (κ1) is 29.2. The monoisotopic (exact) mass is 631 g/mol. The molecule has 0 bridgehead atoms. The number of para-hydroxylation sites is 1. The Hall–Kier alpha value is -3.41. The number of halogens is 1. The van der Waals surface area contributed by atoms with Gasteiger partial charge < -0.3 is 24.8 Å². The van der Waals surface area contributed by atoms with E-state index in [9.17, 15) is 14.4 Å². The summed E-state index contributed by atoms with van der Waals surface area (Å²) in [5, 5.41) is 2.82. The number of carbonyl (C=O) groups excluding carboxylic acids is 3. The van der Waals surface area contributed by atoms with E-state index in [1.165, 1.54) is 0 Å². The molecule has 1 heterocycles. The third kappa shape index (κ3) is 9.81. The van der Waals surface area contributed by atoms with Gasteiger partial charge in [0, 0.05) is 62.0 Å². The van der Waals surface area contributed by atoms with Gasteiger partial charge in [-0.1, -0.05) is 30.3 Å². The third-order valence-corrected chi connectivity index (χ3v) is 6.75. The zero-order valence-electron chi connectivity index (χ0n) is 21.8. The van der Waals surface area contributed by atoms with Gasteiger partial charge in [-0.2, -0.15) is 0 Å². The lowest BCUT2D eigenvalue weighted by Crippen LogP contribution is -2.38. The standard InChI is InChI=1S/C28H34IN5O4/c1-33(14-15-34(2)28(37)17-21-6-5-8-23(29)16-21)27(36)11-10-22-7-3-4-9-25(22)38-19-26(35)31-13-12-24-18-30-20-32-24/h3-9,16,18,20H,10-15,17,19H2,1-2H3,(H,30,32)(H,31,35). The van der Waals surface area contributed by atoms with Crippen LogP contribution in [0.4, 0.5) is 0 Å². The summed E-state index contributed by atoms with van der Waals surface area (Å²) in [5.41, 5.74) is 2.79. The topological polar surface area (TPSA) is 108 Å². The number of hydrogen-bond acceptors (Lipinski definition) is 5. The number of imidazole rings is 1. The number of nitrogens with zero attached hydrogens (tertiary/aromatic N) is 3. The van der Waals surface area contributed by atoms with Gasteiger partial charge in [-0.05, 0) is 58.3 Å². The summed E-state index contributed by atoms with van der Waals surface area (Å²) in [6.45, 7) is 1.29. The van der Waals surface area contributed by atoms with Gasteiger partial charge in [0.2, 0.25) is 11.8 Å². The number of carbonyl (C=O) groups is 3. The Balaban J connectivity index is 1.38. The zero-order chi connectivity index (χ0) is 27.3. The Bertz CT molecular complexity index is 1200. The van der Waals surface area contributed by atoms with E-state index in [4.69, 9.17) is 4.74 Å². The highest BCUT2D eigenvalue weighted by molar-refractivity contribution is 14.1. The van der Waals surface area contributed by atoms with Crippen LogP contribution >= 0.6 is 22.6 Å². The number of ether oxygens (including phenoxy) is 1. The Morgan fingerprint density at radius 1 is 1.00 bits per heavy atom. The second kappa shape index (κ2) is 15.1. The van der Waals surface area contributed by atoms with E-state index in [1.54, 1.807) is 42.5 Å². The maximum Gasteiger partial charge on any atom is 0.257 e. The van der Waals surface area contributed by atoms with Crippen molar-refractivity contribution in [2.45, 2.75) is 25.7 Å². The summed E-state index contributed by atoms with van der Waals surface area (Å²) in [6.07, 6.45) is 5.11. The van der Waals surface area contributed by atoms with Gasteiger partial charge in [0.15, 0.2) is 6.61 Å². The fraction of sp³-hybridized carbons (Fsp3) is 0.357. The van der Waals surface area contributed by atoms with Gasteiger partial charge in [0.1, 0.15) is 5.75 Å². The Morgan fingerprint density at radius 3 is 2.50 bits per heavy atom. The summed E-state index contributed by atoms with van der Waals surface area (Å²) in [5.74, 6) is 0.377. The number of likely N-dealkylation sites (N-methyl/N-ethyl adjacent to an activating group) is 2. The van der Waals surface area contributed by atoms with Crippen molar-refractivity contribution >= 4 is 40.3 Å². The number of hydrogen-bond donors (Lipinski definition) is 2. The minimum atomic E-state index is -0.212. The van der Waals surface area contributed by atoms with Crippen LogP contribution in [0.1, 0.15) is 23.2 Å². The maximum atomic E-state index is 12.7. The second-order valence-electron chi connectivity index (χ2n) is 9.01. The minimum Gasteiger partial charge on any atom is -0.483 e. The van der Waals surface area contributed by atoms with Crippen LogP contribution in [0.25, 0.3) is 0 Å². The lowest BCUT2D eigenvalue weighted by atomic mass is 10.1. The van der Waals surface area contributed by atoms with Gasteiger partial charge in [0.05, 0.1) is 12.7 Å². The van der Waals surface area contributed by atoms with Crippen LogP contribution < -0.4 is 10.1 Å². The SMILES string of the molecule is CN(CCN(C)C(=O)Cc1cccc(I)c1)C(=O)CCc1ccccc1OCC(=O)NCCc1cnc[nH]1. The molecule has 3 aromatic rings. The van der Waals surface area contributed by atoms with Gasteiger partial charge in [0.25, 0.3) is 5.91 Å². The minimum absolute atomic E-state index is 0.0178. The summed E-state index contributed by atoms with van der Waals surface area (Å²) in [6, 6.07) is 15.3. The van der Waals surface area contributed by atoms with Crippen LogP contribution in [0, 0.1) is 3.57 Å². The molecule has 0 spiro atoms. The van der Waals surface area contributed by atoms with E-state index in [1.807, 2.05) is 42.5 Å². The van der Waals surface area contributed by atoms with E-state index in [-0.39, 0.29) is 24.3 Å². The van der Waals surface area contributed by atoms with Crippen molar-refractivity contribution in [3.8, 4) is 5.75 Å². The number of rotatable bonds is 14. The summed E-state index contributed by atoms with van der Waals surface area (Å²) >= 11 is 2.23. The number of nitrogens with one attached hydrogen (secondary N) is 2. The van der Waals surface area contributed by atoms with Crippen LogP contribution in [0.5, 0.6) is 5.75 Å². The number of aromatic amines is 1. The molecule has 0 fully saturated rings. The molecule has 9 nitrogen and oxygen atoms in total. The molecule has 0 aliphatic rings. The molecule has 0 atom stereocenters. The molecular formula is C28H34IN5O4. The molecule has 2 N–H and O–H groups in total. The maximum absolute atomic E-state index is 12.7. The largest absolute Gasteiger partial charge is 0.483 e. The van der Waals surface area contributed by atoms with Crippen molar-refractivity contribution in [3.63, 3.8) is 0 Å². The highest BCUT2D eigenvalue weighted by atomic mass is 127. The van der Waals surface area contributed by atoms with E-state index < -0.39 is 0 Å². The van der Waals surface area contributed by atoms with Crippen molar-refractivity contribution in [2.24, 2.45) is 0 Å². The van der Waals surface area contributed by atoms with Crippen molar-refractivity contribution < 1.29 is 19.1 Å². The van der Waals surface area contributed by atoms with E-state index >= 15 is 0 Å². The van der Waals surface area contributed by atoms with Crippen LogP contribution in [-0.2, 0) is 33.6 Å². The smallest absolute Gasteiger partial charge is 0.257 e. The van der Waals surface area contributed by atoms with Gasteiger partial charge in [-0.25, -0.2) is 4.98 Å². The molecule has 38 heavy (non-hydrogen) atoms. The highest BCUT2D eigenvalue weighted by Crippen LogP contribution is 2.20. The molecule has 3 rings (SSSR count). The molecule has 0 radical (unpaired) electrons. The lowest BCUT2D eigenvalue weighted by Gasteiger charge is -2.23. The number of benzene rings is 2. The van der Waals surface area contributed by atoms with Crippen molar-refractivity contribution in [1.82, 2.24) is 25.1 Å². The van der Waals surface area contributed by atoms with Crippen molar-refractivity contribution in [3.05, 3.63) is 81.4 Å². The fourth-order valence-electron chi connectivity index (χ4n) is 3.74. The predicted octanol–water partition coefficient (Wildman–Crippen LogP) is 2.84. The van der Waals surface area contributed by atoms with Crippen LogP contribution in [-0.4, -0.2) is 77.8 Å². The number of aromatic nitrogens is 2. The van der Waals surface area contributed by atoms with Gasteiger partial charge >= 0.3 is 0 Å². The first-order chi connectivity index (χ1) is 18.3. The number of amides is 3. The van der Waals surface area contributed by atoms with Crippen LogP contribution in [0.15, 0.2) is 61.1 Å². The highest BCUT2D eigenvalue weighted by Gasteiger charge is 2.15. The van der Waals surface area contributed by atoms with E-state index in [0.717, 1.165) is 20.4 Å². The summed E-state index contributed by atoms with van der Waals surface area (Å²) in [7, 11) is 3.51. The molecule has 10 heteroatoms. The molecule has 0 aliphatic carbocycles. The van der Waals surface area contributed by atoms with Crippen molar-refractivity contribution in [2.75, 3.05) is 40.3 Å².